The molecule has 1 aromatic rings. The summed E-state index contributed by atoms with van der Waals surface area (Å²) >= 11 is 5.43. The lowest BCUT2D eigenvalue weighted by Crippen LogP contribution is -2.20. The molecule has 0 spiro atoms. The molecule has 0 fully saturated rings. The Morgan fingerprint density at radius 2 is 2.36 bits per heavy atom. The van der Waals surface area contributed by atoms with E-state index in [4.69, 9.17) is 0 Å². The molecule has 0 bridgehead atoms. The van der Waals surface area contributed by atoms with Crippen LogP contribution in [0.3, 0.4) is 0 Å². The van der Waals surface area contributed by atoms with Gasteiger partial charge in [0.15, 0.2) is 0 Å². The third kappa shape index (κ3) is 3.09. The maximum Gasteiger partial charge on any atom is 0.0560 e. The fourth-order valence-corrected chi connectivity index (χ4v) is 1.82. The molecule has 0 unspecified atom stereocenters. The minimum absolute atomic E-state index is 0.199. The van der Waals surface area contributed by atoms with E-state index < -0.39 is 0 Å². The average Bonchev–Trinajstić information content (AvgIpc) is 2.18. The van der Waals surface area contributed by atoms with Crippen LogP contribution in [0, 0.1) is 3.57 Å². The van der Waals surface area contributed by atoms with Crippen LogP contribution >= 0.6 is 38.5 Å². The topological polar surface area (TPSA) is 35.4 Å². The molecule has 0 aliphatic rings. The van der Waals surface area contributed by atoms with Crippen molar-refractivity contribution in [3.05, 3.63) is 44.5 Å². The van der Waals surface area contributed by atoms with E-state index in [1.54, 1.807) is 12.1 Å². The first-order chi connectivity index (χ1) is 6.65. The van der Waals surface area contributed by atoms with Crippen molar-refractivity contribution in [3.8, 4) is 0 Å². The Labute approximate surface area is 105 Å². The van der Waals surface area contributed by atoms with Crippen molar-refractivity contribution in [2.24, 2.45) is 4.99 Å². The molecule has 0 saturated heterocycles. The van der Waals surface area contributed by atoms with Crippen molar-refractivity contribution in [1.82, 2.24) is 0 Å². The molecule has 0 amide bonds. The largest absolute Gasteiger partial charge is 0.858 e. The first-order valence-electron chi connectivity index (χ1n) is 3.93. The summed E-state index contributed by atoms with van der Waals surface area (Å²) in [6, 6.07) is 5.55. The van der Waals surface area contributed by atoms with Crippen LogP contribution in [0.15, 0.2) is 40.3 Å². The first kappa shape index (κ1) is 11.7. The van der Waals surface area contributed by atoms with Crippen molar-refractivity contribution in [3.63, 3.8) is 0 Å². The fourth-order valence-electron chi connectivity index (χ4n) is 0.894. The monoisotopic (exact) mass is 364 g/mol. The van der Waals surface area contributed by atoms with Gasteiger partial charge in [0.2, 0.25) is 0 Å². The molecular weight excluding hydrogens is 357 g/mol. The highest BCUT2D eigenvalue weighted by molar-refractivity contribution is 14.1. The van der Waals surface area contributed by atoms with Gasteiger partial charge in [0.05, 0.1) is 6.54 Å². The second-order valence-corrected chi connectivity index (χ2v) is 4.64. The second-order valence-electron chi connectivity index (χ2n) is 2.56. The Hall–Kier alpha value is -0.360. The third-order valence-electron chi connectivity index (χ3n) is 1.52. The highest BCUT2D eigenvalue weighted by Gasteiger charge is 1.99. The summed E-state index contributed by atoms with van der Waals surface area (Å²) in [6.45, 7) is 3.87. The lowest BCUT2D eigenvalue weighted by molar-refractivity contribution is -0.213. The average molecular weight is 365 g/mol. The van der Waals surface area contributed by atoms with Gasteiger partial charge in [-0.2, -0.15) is 0 Å². The normalized spacial score (nSPS) is 11.4. The van der Waals surface area contributed by atoms with Gasteiger partial charge >= 0.3 is 0 Å². The van der Waals surface area contributed by atoms with Crippen molar-refractivity contribution in [2.75, 3.05) is 6.54 Å². The molecule has 0 radical (unpaired) electrons. The lowest BCUT2D eigenvalue weighted by Gasteiger charge is -2.12. The fraction of sp³-hybridized carbons (Fsp3) is 0.100. The molecule has 0 atom stereocenters. The van der Waals surface area contributed by atoms with Gasteiger partial charge in [-0.1, -0.05) is 22.0 Å². The Balaban J connectivity index is 3.05. The van der Waals surface area contributed by atoms with Crippen LogP contribution in [-0.2, 0) is 0 Å². The molecule has 0 N–H and O–H groups in total. The van der Waals surface area contributed by atoms with Gasteiger partial charge in [0.25, 0.3) is 0 Å². The standard InChI is InChI=1S/C10H9BrINO/c1-2-5-13-10(14)8-6-7(11)3-4-9(8)12/h2-4,6H,1,5H2,(H,13,14)/p-1. The van der Waals surface area contributed by atoms with Gasteiger partial charge in [0, 0.05) is 8.04 Å². The number of nitrogens with zero attached hydrogens (tertiary/aromatic N) is 1. The van der Waals surface area contributed by atoms with Crippen molar-refractivity contribution in [2.45, 2.75) is 0 Å². The summed E-state index contributed by atoms with van der Waals surface area (Å²) in [5.41, 5.74) is 0.627. The molecule has 74 valence electrons. The maximum atomic E-state index is 11.5. The summed E-state index contributed by atoms with van der Waals surface area (Å²) < 4.78 is 1.79. The van der Waals surface area contributed by atoms with E-state index >= 15 is 0 Å². The van der Waals surface area contributed by atoms with E-state index in [2.05, 4.69) is 50.1 Å². The molecule has 0 aromatic heterocycles. The predicted octanol–water partition coefficient (Wildman–Crippen LogP) is 2.35. The highest BCUT2D eigenvalue weighted by Crippen LogP contribution is 2.17. The number of benzene rings is 1. The number of aliphatic imine (C=N–C) groups is 1. The minimum atomic E-state index is -0.199. The SMILES string of the molecule is C=CCN=C([O-])c1cc(Br)ccc1I. The van der Waals surface area contributed by atoms with Crippen molar-refractivity contribution >= 4 is 44.4 Å². The minimum Gasteiger partial charge on any atom is -0.858 e. The number of hydrogen-bond donors (Lipinski definition) is 0. The van der Waals surface area contributed by atoms with Crippen LogP contribution in [0.25, 0.3) is 0 Å². The molecule has 0 aliphatic heterocycles. The van der Waals surface area contributed by atoms with E-state index in [1.807, 2.05) is 12.1 Å². The lowest BCUT2D eigenvalue weighted by atomic mass is 10.2. The van der Waals surface area contributed by atoms with Crippen LogP contribution in [-0.4, -0.2) is 12.4 Å². The third-order valence-corrected chi connectivity index (χ3v) is 2.96. The van der Waals surface area contributed by atoms with E-state index in [0.717, 1.165) is 8.04 Å². The number of rotatable bonds is 3. The Kier molecular flexibility index (Phi) is 4.60. The summed E-state index contributed by atoms with van der Waals surface area (Å²) in [6.07, 6.45) is 1.60. The molecule has 4 heteroatoms. The smallest absolute Gasteiger partial charge is 0.0560 e. The Bertz CT molecular complexity index is 376. The zero-order valence-corrected chi connectivity index (χ0v) is 11.1. The van der Waals surface area contributed by atoms with E-state index in [1.165, 1.54) is 0 Å². The van der Waals surface area contributed by atoms with Crippen molar-refractivity contribution in [1.29, 1.82) is 0 Å². The van der Waals surface area contributed by atoms with E-state index in [-0.39, 0.29) is 5.90 Å². The first-order valence-corrected chi connectivity index (χ1v) is 5.80. The molecule has 0 heterocycles. The zero-order chi connectivity index (χ0) is 10.6. The highest BCUT2D eigenvalue weighted by atomic mass is 127. The van der Waals surface area contributed by atoms with Crippen LogP contribution < -0.4 is 5.11 Å². The molecule has 2 nitrogen and oxygen atoms in total. The van der Waals surface area contributed by atoms with Crippen LogP contribution in [0.2, 0.25) is 0 Å². The van der Waals surface area contributed by atoms with Gasteiger partial charge < -0.3 is 5.11 Å². The summed E-state index contributed by atoms with van der Waals surface area (Å²) in [5, 5.41) is 11.5. The Morgan fingerprint density at radius 1 is 1.64 bits per heavy atom. The summed E-state index contributed by atoms with van der Waals surface area (Å²) in [4.78, 5) is 3.83. The van der Waals surface area contributed by atoms with Gasteiger partial charge in [0.1, 0.15) is 0 Å². The second kappa shape index (κ2) is 5.50. The van der Waals surface area contributed by atoms with Crippen molar-refractivity contribution < 1.29 is 5.11 Å². The van der Waals surface area contributed by atoms with E-state index in [0.29, 0.717) is 12.1 Å². The van der Waals surface area contributed by atoms with Gasteiger partial charge in [-0.15, -0.1) is 6.58 Å². The van der Waals surface area contributed by atoms with Crippen LogP contribution in [0.4, 0.5) is 0 Å². The molecule has 14 heavy (non-hydrogen) atoms. The number of halogens is 2. The van der Waals surface area contributed by atoms with Gasteiger partial charge in [-0.3, -0.25) is 4.99 Å². The Morgan fingerprint density at radius 3 is 3.00 bits per heavy atom. The quantitative estimate of drug-likeness (QED) is 0.351. The predicted molar refractivity (Wildman–Crippen MR) is 68.5 cm³/mol. The maximum absolute atomic E-state index is 11.5. The molecule has 1 rings (SSSR count). The summed E-state index contributed by atoms with van der Waals surface area (Å²) in [7, 11) is 0. The molecule has 0 aliphatic carbocycles. The zero-order valence-electron chi connectivity index (χ0n) is 7.34. The van der Waals surface area contributed by atoms with E-state index in [9.17, 15) is 5.11 Å². The van der Waals surface area contributed by atoms with Crippen LogP contribution in [0.1, 0.15) is 5.56 Å². The molecule has 0 saturated carbocycles. The van der Waals surface area contributed by atoms with Crippen LogP contribution in [0.5, 0.6) is 0 Å². The molecule has 1 aromatic carbocycles. The number of hydrogen-bond acceptors (Lipinski definition) is 2. The molecular formula is C10H8BrINO-. The summed E-state index contributed by atoms with van der Waals surface area (Å²) in [5.74, 6) is -0.199. The van der Waals surface area contributed by atoms with Gasteiger partial charge in [-0.25, -0.2) is 0 Å². The van der Waals surface area contributed by atoms with Gasteiger partial charge in [-0.05, 0) is 52.3 Å².